The lowest BCUT2D eigenvalue weighted by Crippen LogP contribution is -2.32. The molecule has 1 atom stereocenters. The number of rotatable bonds is 3. The van der Waals surface area contributed by atoms with Crippen LogP contribution in [0, 0.1) is 11.6 Å². The van der Waals surface area contributed by atoms with Crippen LogP contribution >= 0.6 is 0 Å². The van der Waals surface area contributed by atoms with Crippen molar-refractivity contribution in [1.82, 2.24) is 0 Å². The predicted molar refractivity (Wildman–Crippen MR) is 51.5 cm³/mol. The molecule has 0 fully saturated rings. The summed E-state index contributed by atoms with van der Waals surface area (Å²) < 4.78 is 30.9. The van der Waals surface area contributed by atoms with Crippen molar-refractivity contribution < 1.29 is 18.6 Å². The van der Waals surface area contributed by atoms with Crippen LogP contribution in [-0.2, 0) is 5.60 Å². The third-order valence-electron chi connectivity index (χ3n) is 2.23. The molecule has 0 amide bonds. The van der Waals surface area contributed by atoms with Crippen molar-refractivity contribution in [3.8, 4) is 5.75 Å². The summed E-state index contributed by atoms with van der Waals surface area (Å²) in [7, 11) is 1.20. The van der Waals surface area contributed by atoms with Crippen molar-refractivity contribution in [2.75, 3.05) is 13.7 Å². The molecule has 1 aromatic rings. The van der Waals surface area contributed by atoms with E-state index in [9.17, 15) is 13.9 Å². The van der Waals surface area contributed by atoms with Gasteiger partial charge in [0.25, 0.3) is 0 Å². The number of ether oxygens (including phenoxy) is 1. The lowest BCUT2D eigenvalue weighted by Gasteiger charge is -2.24. The molecule has 0 radical (unpaired) electrons. The first kappa shape index (κ1) is 11.9. The van der Waals surface area contributed by atoms with Gasteiger partial charge in [0.05, 0.1) is 7.11 Å². The van der Waals surface area contributed by atoms with Crippen LogP contribution in [0.3, 0.4) is 0 Å². The molecule has 84 valence electrons. The van der Waals surface area contributed by atoms with Gasteiger partial charge in [0.2, 0.25) is 5.82 Å². The maximum atomic E-state index is 13.3. The van der Waals surface area contributed by atoms with E-state index in [1.807, 2.05) is 0 Å². The molecule has 0 aromatic heterocycles. The first-order valence-corrected chi connectivity index (χ1v) is 4.39. The third-order valence-corrected chi connectivity index (χ3v) is 2.23. The maximum absolute atomic E-state index is 13.3. The fraction of sp³-hybridized carbons (Fsp3) is 0.400. The topological polar surface area (TPSA) is 55.5 Å². The zero-order chi connectivity index (χ0) is 11.6. The van der Waals surface area contributed by atoms with Crippen LogP contribution in [0.1, 0.15) is 12.5 Å². The predicted octanol–water partition coefficient (Wildman–Crippen LogP) is 1.14. The van der Waals surface area contributed by atoms with Gasteiger partial charge in [0.1, 0.15) is 5.60 Å². The molecule has 0 aliphatic heterocycles. The summed E-state index contributed by atoms with van der Waals surface area (Å²) in [6, 6.07) is 2.18. The molecule has 0 spiro atoms. The molecule has 0 aliphatic rings. The van der Waals surface area contributed by atoms with Crippen molar-refractivity contribution in [2.45, 2.75) is 12.5 Å². The summed E-state index contributed by atoms with van der Waals surface area (Å²) in [6.07, 6.45) is 0. The number of hydrogen-bond donors (Lipinski definition) is 2. The molecule has 0 saturated carbocycles. The molecule has 3 nitrogen and oxygen atoms in total. The zero-order valence-electron chi connectivity index (χ0n) is 8.55. The second kappa shape index (κ2) is 4.12. The summed E-state index contributed by atoms with van der Waals surface area (Å²) >= 11 is 0. The number of hydrogen-bond acceptors (Lipinski definition) is 3. The first-order chi connectivity index (χ1) is 6.94. The number of aliphatic hydroxyl groups is 1. The largest absolute Gasteiger partial charge is 0.493 e. The Morgan fingerprint density at radius 3 is 2.53 bits per heavy atom. The fourth-order valence-corrected chi connectivity index (χ4v) is 1.27. The number of methoxy groups -OCH3 is 1. The van der Waals surface area contributed by atoms with E-state index in [4.69, 9.17) is 10.5 Å². The standard InChI is InChI=1S/C10H13F2NO2/c1-10(14,5-13)6-3-4-7(11)8(12)9(6)15-2/h3-4,14H,5,13H2,1-2H3. The lowest BCUT2D eigenvalue weighted by atomic mass is 9.95. The maximum Gasteiger partial charge on any atom is 0.200 e. The molecular formula is C10H13F2NO2. The first-order valence-electron chi connectivity index (χ1n) is 4.39. The van der Waals surface area contributed by atoms with Gasteiger partial charge in [-0.3, -0.25) is 0 Å². The average molecular weight is 217 g/mol. The minimum Gasteiger partial charge on any atom is -0.493 e. The average Bonchev–Trinajstić information content (AvgIpc) is 2.21. The van der Waals surface area contributed by atoms with Gasteiger partial charge in [-0.25, -0.2) is 4.39 Å². The van der Waals surface area contributed by atoms with Crippen LogP contribution in [0.4, 0.5) is 8.78 Å². The summed E-state index contributed by atoms with van der Waals surface area (Å²) in [6.45, 7) is 1.29. The monoisotopic (exact) mass is 217 g/mol. The third kappa shape index (κ3) is 2.08. The Balaban J connectivity index is 3.37. The van der Waals surface area contributed by atoms with Gasteiger partial charge in [-0.1, -0.05) is 0 Å². The van der Waals surface area contributed by atoms with Crippen molar-refractivity contribution in [2.24, 2.45) is 5.73 Å². The molecule has 0 bridgehead atoms. The van der Waals surface area contributed by atoms with Gasteiger partial charge < -0.3 is 15.6 Å². The van der Waals surface area contributed by atoms with Crippen molar-refractivity contribution >= 4 is 0 Å². The highest BCUT2D eigenvalue weighted by Gasteiger charge is 2.28. The SMILES string of the molecule is COc1c(C(C)(O)CN)ccc(F)c1F. The van der Waals surface area contributed by atoms with Crippen LogP contribution in [0.15, 0.2) is 12.1 Å². The molecular weight excluding hydrogens is 204 g/mol. The van der Waals surface area contributed by atoms with Crippen molar-refractivity contribution in [1.29, 1.82) is 0 Å². The van der Waals surface area contributed by atoms with E-state index >= 15 is 0 Å². The number of halogens is 2. The summed E-state index contributed by atoms with van der Waals surface area (Å²) in [5, 5.41) is 9.83. The zero-order valence-corrected chi connectivity index (χ0v) is 8.55. The van der Waals surface area contributed by atoms with Crippen LogP contribution in [0.5, 0.6) is 5.75 Å². The van der Waals surface area contributed by atoms with Gasteiger partial charge in [0.15, 0.2) is 11.6 Å². The normalized spacial score (nSPS) is 14.8. The highest BCUT2D eigenvalue weighted by Crippen LogP contribution is 2.32. The van der Waals surface area contributed by atoms with Gasteiger partial charge >= 0.3 is 0 Å². The highest BCUT2D eigenvalue weighted by molar-refractivity contribution is 5.39. The van der Waals surface area contributed by atoms with E-state index in [2.05, 4.69) is 0 Å². The van der Waals surface area contributed by atoms with Crippen LogP contribution in [-0.4, -0.2) is 18.8 Å². The molecule has 1 aromatic carbocycles. The minimum absolute atomic E-state index is 0.117. The van der Waals surface area contributed by atoms with E-state index < -0.39 is 17.2 Å². The minimum atomic E-state index is -1.44. The summed E-state index contributed by atoms with van der Waals surface area (Å²) in [5.41, 5.74) is 4.01. The Hall–Kier alpha value is -1.20. The van der Waals surface area contributed by atoms with E-state index in [0.717, 1.165) is 6.07 Å². The number of benzene rings is 1. The highest BCUT2D eigenvalue weighted by atomic mass is 19.2. The van der Waals surface area contributed by atoms with Gasteiger partial charge in [-0.15, -0.1) is 0 Å². The fourth-order valence-electron chi connectivity index (χ4n) is 1.27. The van der Waals surface area contributed by atoms with Crippen LogP contribution in [0.2, 0.25) is 0 Å². The van der Waals surface area contributed by atoms with Crippen molar-refractivity contribution in [3.63, 3.8) is 0 Å². The lowest BCUT2D eigenvalue weighted by molar-refractivity contribution is 0.0632. The molecule has 15 heavy (non-hydrogen) atoms. The molecule has 5 heteroatoms. The Labute approximate surface area is 86.5 Å². The summed E-state index contributed by atoms with van der Waals surface area (Å²) in [5.74, 6) is -2.46. The summed E-state index contributed by atoms with van der Waals surface area (Å²) in [4.78, 5) is 0. The Bertz CT molecular complexity index is 367. The molecule has 1 rings (SSSR count). The van der Waals surface area contributed by atoms with Crippen LogP contribution in [0.25, 0.3) is 0 Å². The van der Waals surface area contributed by atoms with Gasteiger partial charge in [-0.2, -0.15) is 4.39 Å². The van der Waals surface area contributed by atoms with E-state index in [0.29, 0.717) is 0 Å². The molecule has 1 unspecified atom stereocenters. The molecule has 0 saturated heterocycles. The Morgan fingerprint density at radius 1 is 1.47 bits per heavy atom. The van der Waals surface area contributed by atoms with Gasteiger partial charge in [0, 0.05) is 12.1 Å². The number of nitrogens with two attached hydrogens (primary N) is 1. The quantitative estimate of drug-likeness (QED) is 0.798. The van der Waals surface area contributed by atoms with Gasteiger partial charge in [-0.05, 0) is 19.1 Å². The second-order valence-electron chi connectivity index (χ2n) is 3.42. The molecule has 3 N–H and O–H groups in total. The molecule has 0 heterocycles. The second-order valence-corrected chi connectivity index (χ2v) is 3.42. The molecule has 0 aliphatic carbocycles. The Kier molecular flexibility index (Phi) is 3.26. The Morgan fingerprint density at radius 2 is 2.07 bits per heavy atom. The van der Waals surface area contributed by atoms with E-state index in [-0.39, 0.29) is 17.9 Å². The van der Waals surface area contributed by atoms with E-state index in [1.54, 1.807) is 0 Å². The smallest absolute Gasteiger partial charge is 0.200 e. The van der Waals surface area contributed by atoms with Crippen LogP contribution < -0.4 is 10.5 Å². The van der Waals surface area contributed by atoms with E-state index in [1.165, 1.54) is 20.1 Å². The van der Waals surface area contributed by atoms with Crippen molar-refractivity contribution in [3.05, 3.63) is 29.3 Å².